The van der Waals surface area contributed by atoms with Crippen LogP contribution in [0.1, 0.15) is 33.7 Å². The number of hydrogen-bond donors (Lipinski definition) is 2. The number of amides is 1. The van der Waals surface area contributed by atoms with E-state index in [-0.39, 0.29) is 23.1 Å². The van der Waals surface area contributed by atoms with E-state index in [0.717, 1.165) is 11.4 Å². The largest absolute Gasteiger partial charge is 0.382 e. The maximum atomic E-state index is 13.2. The third-order valence-electron chi connectivity index (χ3n) is 5.26. The summed E-state index contributed by atoms with van der Waals surface area (Å²) in [6.45, 7) is 2.37. The highest BCUT2D eigenvalue weighted by Crippen LogP contribution is 2.21. The molecule has 2 aromatic heterocycles. The molecule has 4 rings (SSSR count). The number of hydrogen-bond acceptors (Lipinski definition) is 5. The Bertz CT molecular complexity index is 1310. The van der Waals surface area contributed by atoms with Crippen molar-refractivity contribution in [1.29, 1.82) is 5.26 Å². The van der Waals surface area contributed by atoms with Gasteiger partial charge in [0.05, 0.1) is 17.1 Å². The number of rotatable bonds is 7. The Morgan fingerprint density at radius 3 is 2.39 bits per heavy atom. The van der Waals surface area contributed by atoms with Gasteiger partial charge in [-0.1, -0.05) is 0 Å². The number of nitrogens with two attached hydrogens (primary N) is 1. The number of benzene rings is 2. The van der Waals surface area contributed by atoms with Crippen molar-refractivity contribution in [1.82, 2.24) is 24.9 Å². The minimum Gasteiger partial charge on any atom is -0.382 e. The Morgan fingerprint density at radius 1 is 1.09 bits per heavy atom. The third kappa shape index (κ3) is 4.60. The van der Waals surface area contributed by atoms with Crippen LogP contribution in [0.2, 0.25) is 0 Å². The lowest BCUT2D eigenvalue weighted by atomic mass is 10.1. The standard InChI is InChI=1S/C24H22FN7O/c1-16-12-14-29-31(16)19-8-4-17(5-9-19)24(33)28-13-2-3-22-21(15-26)23(27)32(30-22)20-10-6-18(25)7-11-20/h4-12,14H,2-3,13,27H2,1H3,(H,28,33). The molecular formula is C24H22FN7O. The molecule has 9 heteroatoms. The number of aromatic nitrogens is 4. The Morgan fingerprint density at radius 2 is 1.76 bits per heavy atom. The van der Waals surface area contributed by atoms with Gasteiger partial charge in [0.15, 0.2) is 0 Å². The lowest BCUT2D eigenvalue weighted by molar-refractivity contribution is 0.0953. The number of nitrogens with one attached hydrogen (secondary N) is 1. The van der Waals surface area contributed by atoms with Gasteiger partial charge in [-0.25, -0.2) is 13.8 Å². The van der Waals surface area contributed by atoms with Gasteiger partial charge >= 0.3 is 0 Å². The molecule has 4 aromatic rings. The maximum Gasteiger partial charge on any atom is 0.251 e. The van der Waals surface area contributed by atoms with E-state index in [0.29, 0.717) is 36.3 Å². The van der Waals surface area contributed by atoms with Crippen LogP contribution in [0.5, 0.6) is 0 Å². The second kappa shape index (κ2) is 9.36. The molecule has 3 N–H and O–H groups in total. The van der Waals surface area contributed by atoms with Crippen LogP contribution in [0, 0.1) is 24.1 Å². The van der Waals surface area contributed by atoms with Crippen LogP contribution in [-0.4, -0.2) is 32.0 Å². The Hall–Kier alpha value is -4.45. The van der Waals surface area contributed by atoms with Crippen molar-refractivity contribution in [3.05, 3.63) is 89.1 Å². The molecule has 2 heterocycles. The highest BCUT2D eigenvalue weighted by molar-refractivity contribution is 5.94. The molecule has 0 aliphatic carbocycles. The summed E-state index contributed by atoms with van der Waals surface area (Å²) in [6.07, 6.45) is 2.76. The predicted octanol–water partition coefficient (Wildman–Crippen LogP) is 3.32. The molecule has 0 saturated carbocycles. The van der Waals surface area contributed by atoms with Gasteiger partial charge < -0.3 is 11.1 Å². The van der Waals surface area contributed by atoms with Crippen LogP contribution in [0.4, 0.5) is 10.2 Å². The van der Waals surface area contributed by atoms with Gasteiger partial charge in [-0.15, -0.1) is 0 Å². The maximum absolute atomic E-state index is 13.2. The van der Waals surface area contributed by atoms with Crippen molar-refractivity contribution in [3.63, 3.8) is 0 Å². The molecule has 0 aliphatic rings. The fraction of sp³-hybridized carbons (Fsp3) is 0.167. The van der Waals surface area contributed by atoms with Gasteiger partial charge in [0.25, 0.3) is 5.91 Å². The van der Waals surface area contributed by atoms with Gasteiger partial charge in [-0.05, 0) is 74.4 Å². The van der Waals surface area contributed by atoms with Crippen LogP contribution < -0.4 is 11.1 Å². The zero-order chi connectivity index (χ0) is 23.4. The minimum absolute atomic E-state index is 0.185. The summed E-state index contributed by atoms with van der Waals surface area (Å²) >= 11 is 0. The van der Waals surface area contributed by atoms with Gasteiger partial charge in [0.2, 0.25) is 0 Å². The fourth-order valence-corrected chi connectivity index (χ4v) is 3.51. The fourth-order valence-electron chi connectivity index (χ4n) is 3.51. The van der Waals surface area contributed by atoms with Crippen LogP contribution in [0.3, 0.4) is 0 Å². The van der Waals surface area contributed by atoms with Crippen molar-refractivity contribution >= 4 is 11.7 Å². The SMILES string of the molecule is Cc1ccnn1-c1ccc(C(=O)NCCCc2nn(-c3ccc(F)cc3)c(N)c2C#N)cc1. The Labute approximate surface area is 190 Å². The first-order valence-electron chi connectivity index (χ1n) is 10.4. The summed E-state index contributed by atoms with van der Waals surface area (Å²) in [5.41, 5.74) is 9.90. The smallest absolute Gasteiger partial charge is 0.251 e. The van der Waals surface area contributed by atoms with Gasteiger partial charge in [-0.2, -0.15) is 15.5 Å². The number of nitrogen functional groups attached to an aromatic ring is 1. The predicted molar refractivity (Wildman–Crippen MR) is 122 cm³/mol. The summed E-state index contributed by atoms with van der Waals surface area (Å²) in [6, 6.07) is 16.9. The first kappa shape index (κ1) is 21.8. The Balaban J connectivity index is 1.35. The monoisotopic (exact) mass is 443 g/mol. The third-order valence-corrected chi connectivity index (χ3v) is 5.26. The summed E-state index contributed by atoms with van der Waals surface area (Å²) in [5.74, 6) is -0.349. The summed E-state index contributed by atoms with van der Waals surface area (Å²) in [7, 11) is 0. The first-order chi connectivity index (χ1) is 16.0. The van der Waals surface area contributed by atoms with E-state index in [1.54, 1.807) is 35.1 Å². The van der Waals surface area contributed by atoms with Crippen LogP contribution >= 0.6 is 0 Å². The zero-order valence-corrected chi connectivity index (χ0v) is 18.0. The second-order valence-corrected chi connectivity index (χ2v) is 7.50. The molecule has 166 valence electrons. The molecule has 1 amide bonds. The number of carbonyl (C=O) groups is 1. The number of carbonyl (C=O) groups excluding carboxylic acids is 1. The molecule has 0 radical (unpaired) electrons. The molecule has 0 bridgehead atoms. The topological polar surface area (TPSA) is 115 Å². The molecule has 0 aliphatic heterocycles. The lowest BCUT2D eigenvalue weighted by Gasteiger charge is -2.07. The van der Waals surface area contributed by atoms with Crippen molar-refractivity contribution in [2.24, 2.45) is 0 Å². The molecule has 0 fully saturated rings. The van der Waals surface area contributed by atoms with Gasteiger partial charge in [0.1, 0.15) is 23.3 Å². The number of nitriles is 1. The summed E-state index contributed by atoms with van der Waals surface area (Å²) in [4.78, 5) is 12.5. The van der Waals surface area contributed by atoms with E-state index in [2.05, 4.69) is 21.6 Å². The van der Waals surface area contributed by atoms with E-state index in [1.807, 2.05) is 25.1 Å². The van der Waals surface area contributed by atoms with Crippen LogP contribution in [-0.2, 0) is 6.42 Å². The van der Waals surface area contributed by atoms with Crippen molar-refractivity contribution in [3.8, 4) is 17.4 Å². The lowest BCUT2D eigenvalue weighted by Crippen LogP contribution is -2.24. The quantitative estimate of drug-likeness (QED) is 0.425. The molecule has 0 unspecified atom stereocenters. The molecule has 33 heavy (non-hydrogen) atoms. The molecule has 8 nitrogen and oxygen atoms in total. The van der Waals surface area contributed by atoms with Crippen molar-refractivity contribution in [2.75, 3.05) is 12.3 Å². The number of aryl methyl sites for hydroxylation is 2. The van der Waals surface area contributed by atoms with Gasteiger partial charge in [-0.3, -0.25) is 4.79 Å². The molecule has 2 aromatic carbocycles. The van der Waals surface area contributed by atoms with Crippen molar-refractivity contribution < 1.29 is 9.18 Å². The zero-order valence-electron chi connectivity index (χ0n) is 18.0. The van der Waals surface area contributed by atoms with E-state index in [1.165, 1.54) is 16.8 Å². The van der Waals surface area contributed by atoms with Crippen LogP contribution in [0.25, 0.3) is 11.4 Å². The highest BCUT2D eigenvalue weighted by Gasteiger charge is 2.16. The summed E-state index contributed by atoms with van der Waals surface area (Å²) < 4.78 is 16.4. The molecule has 0 atom stereocenters. The first-order valence-corrected chi connectivity index (χ1v) is 10.4. The number of nitrogens with zero attached hydrogens (tertiary/aromatic N) is 5. The summed E-state index contributed by atoms with van der Waals surface area (Å²) in [5, 5.41) is 21.0. The molecular weight excluding hydrogens is 421 g/mol. The highest BCUT2D eigenvalue weighted by atomic mass is 19.1. The van der Waals surface area contributed by atoms with E-state index < -0.39 is 0 Å². The average Bonchev–Trinajstić information content (AvgIpc) is 3.39. The van der Waals surface area contributed by atoms with Crippen molar-refractivity contribution in [2.45, 2.75) is 19.8 Å². The number of halogens is 1. The normalized spacial score (nSPS) is 10.7. The Kier molecular flexibility index (Phi) is 6.17. The van der Waals surface area contributed by atoms with E-state index in [9.17, 15) is 14.4 Å². The second-order valence-electron chi connectivity index (χ2n) is 7.50. The average molecular weight is 443 g/mol. The molecule has 0 spiro atoms. The minimum atomic E-state index is -0.368. The van der Waals surface area contributed by atoms with E-state index >= 15 is 0 Å². The van der Waals surface area contributed by atoms with E-state index in [4.69, 9.17) is 5.73 Å². The van der Waals surface area contributed by atoms with Crippen LogP contribution in [0.15, 0.2) is 60.8 Å². The molecule has 0 saturated heterocycles. The number of anilines is 1. The van der Waals surface area contributed by atoms with Gasteiger partial charge in [0, 0.05) is 24.0 Å².